The van der Waals surface area contributed by atoms with Crippen molar-refractivity contribution in [2.45, 2.75) is 13.0 Å². The highest BCUT2D eigenvalue weighted by Gasteiger charge is 2.07. The largest absolute Gasteiger partial charge is 0.497 e. The van der Waals surface area contributed by atoms with Gasteiger partial charge in [-0.1, -0.05) is 30.3 Å². The highest BCUT2D eigenvalue weighted by molar-refractivity contribution is 5.89. The molecule has 0 heterocycles. The van der Waals surface area contributed by atoms with Crippen molar-refractivity contribution in [1.29, 1.82) is 0 Å². The molecule has 0 aliphatic heterocycles. The van der Waals surface area contributed by atoms with Crippen LogP contribution in [0.5, 0.6) is 11.5 Å². The fourth-order valence-electron chi connectivity index (χ4n) is 2.31. The summed E-state index contributed by atoms with van der Waals surface area (Å²) in [6.45, 7) is 1.97. The molecule has 0 aromatic heterocycles. The number of carbonyl (C=O) groups is 2. The third-order valence-electron chi connectivity index (χ3n) is 3.60. The number of hydrogen-bond acceptors (Lipinski definition) is 5. The summed E-state index contributed by atoms with van der Waals surface area (Å²) in [5, 5.41) is 15.6. The predicted molar refractivity (Wildman–Crippen MR) is 111 cm³/mol. The van der Waals surface area contributed by atoms with Crippen LogP contribution in [0.2, 0.25) is 0 Å². The quantitative estimate of drug-likeness (QED) is 0.612. The number of rotatable bonds is 7. The Labute approximate surface area is 169 Å². The van der Waals surface area contributed by atoms with Crippen LogP contribution in [0.1, 0.15) is 18.1 Å². The molecule has 0 saturated carbocycles. The molecule has 7 nitrogen and oxygen atoms in total. The molecule has 0 aliphatic rings. The maximum Gasteiger partial charge on any atom is 0.328 e. The summed E-state index contributed by atoms with van der Waals surface area (Å²) in [6.07, 6.45) is 3.17. The third-order valence-corrected chi connectivity index (χ3v) is 3.60. The van der Waals surface area contributed by atoms with Crippen LogP contribution in [-0.2, 0) is 9.59 Å². The van der Waals surface area contributed by atoms with E-state index in [9.17, 15) is 9.59 Å². The number of ether oxygens (including phenoxy) is 2. The van der Waals surface area contributed by atoms with Crippen molar-refractivity contribution in [1.82, 2.24) is 0 Å². The van der Waals surface area contributed by atoms with Gasteiger partial charge in [-0.3, -0.25) is 0 Å². The second-order valence-corrected chi connectivity index (χ2v) is 5.91. The maximum atomic E-state index is 9.55. The Morgan fingerprint density at radius 2 is 1.17 bits per heavy atom. The van der Waals surface area contributed by atoms with E-state index < -0.39 is 11.9 Å². The Bertz CT molecular complexity index is 786. The topological polar surface area (TPSA) is 119 Å². The first-order valence-corrected chi connectivity index (χ1v) is 8.67. The van der Waals surface area contributed by atoms with Crippen LogP contribution < -0.4 is 15.2 Å². The van der Waals surface area contributed by atoms with Gasteiger partial charge >= 0.3 is 11.9 Å². The van der Waals surface area contributed by atoms with Gasteiger partial charge in [0.25, 0.3) is 0 Å². The van der Waals surface area contributed by atoms with Crippen LogP contribution in [0.3, 0.4) is 0 Å². The molecule has 0 bridgehead atoms. The van der Waals surface area contributed by atoms with Crippen molar-refractivity contribution in [2.75, 3.05) is 14.2 Å². The highest BCUT2D eigenvalue weighted by atomic mass is 16.5. The Hall–Kier alpha value is -3.58. The molecule has 1 atom stereocenters. The Kier molecular flexibility index (Phi) is 9.70. The number of benzene rings is 2. The molecule has 154 valence electrons. The van der Waals surface area contributed by atoms with Gasteiger partial charge in [-0.15, -0.1) is 0 Å². The van der Waals surface area contributed by atoms with Gasteiger partial charge in [0.15, 0.2) is 0 Å². The molecule has 0 amide bonds. The molecular formula is C22H25NO6. The molecule has 29 heavy (non-hydrogen) atoms. The third kappa shape index (κ3) is 8.77. The van der Waals surface area contributed by atoms with Gasteiger partial charge in [-0.2, -0.15) is 0 Å². The van der Waals surface area contributed by atoms with Crippen LogP contribution in [0, 0.1) is 0 Å². The molecule has 2 aromatic rings. The number of methoxy groups -OCH3 is 2. The summed E-state index contributed by atoms with van der Waals surface area (Å²) < 4.78 is 10.4. The van der Waals surface area contributed by atoms with Crippen molar-refractivity contribution >= 4 is 17.5 Å². The molecule has 4 N–H and O–H groups in total. The molecular weight excluding hydrogens is 374 g/mol. The maximum absolute atomic E-state index is 9.55. The van der Waals surface area contributed by atoms with Gasteiger partial charge < -0.3 is 25.4 Å². The van der Waals surface area contributed by atoms with Crippen LogP contribution in [0.15, 0.2) is 66.8 Å². The van der Waals surface area contributed by atoms with E-state index in [0.717, 1.165) is 28.2 Å². The number of nitrogens with two attached hydrogens (primary N) is 1. The van der Waals surface area contributed by atoms with Crippen LogP contribution in [0.4, 0.5) is 0 Å². The van der Waals surface area contributed by atoms with E-state index in [1.165, 1.54) is 0 Å². The fraction of sp³-hybridized carbons (Fsp3) is 0.182. The summed E-state index contributed by atoms with van der Waals surface area (Å²) in [5.74, 6) is -0.831. The van der Waals surface area contributed by atoms with E-state index in [1.54, 1.807) is 14.2 Å². The normalized spacial score (nSPS) is 11.0. The lowest BCUT2D eigenvalue weighted by Crippen LogP contribution is -2.11. The predicted octanol–water partition coefficient (Wildman–Crippen LogP) is 3.19. The van der Waals surface area contributed by atoms with Gasteiger partial charge in [0.1, 0.15) is 11.5 Å². The van der Waals surface area contributed by atoms with Crippen molar-refractivity contribution in [3.05, 3.63) is 77.9 Å². The summed E-state index contributed by atoms with van der Waals surface area (Å²) in [5.41, 5.74) is 9.28. The SMILES string of the molecule is COc1ccc(C(=CC(C)N)c2ccc(OC)cc2)cc1.O=C(O)C=CC(=O)O. The van der Waals surface area contributed by atoms with Crippen LogP contribution in [-0.4, -0.2) is 42.4 Å². The first-order valence-electron chi connectivity index (χ1n) is 8.67. The Balaban J connectivity index is 0.000000447. The average Bonchev–Trinajstić information content (AvgIpc) is 2.71. The minimum atomic E-state index is -1.26. The van der Waals surface area contributed by atoms with Gasteiger partial charge in [0.05, 0.1) is 14.2 Å². The van der Waals surface area contributed by atoms with Crippen molar-refractivity contribution in [2.24, 2.45) is 5.73 Å². The minimum absolute atomic E-state index is 0.0239. The summed E-state index contributed by atoms with van der Waals surface area (Å²) in [4.78, 5) is 19.1. The van der Waals surface area contributed by atoms with E-state index in [1.807, 2.05) is 55.5 Å². The Morgan fingerprint density at radius 1 is 0.828 bits per heavy atom. The number of aliphatic carboxylic acids is 2. The molecule has 2 aromatic carbocycles. The molecule has 7 heteroatoms. The Morgan fingerprint density at radius 3 is 1.41 bits per heavy atom. The second-order valence-electron chi connectivity index (χ2n) is 5.91. The minimum Gasteiger partial charge on any atom is -0.497 e. The zero-order chi connectivity index (χ0) is 21.8. The highest BCUT2D eigenvalue weighted by Crippen LogP contribution is 2.27. The van der Waals surface area contributed by atoms with Gasteiger partial charge in [-0.25, -0.2) is 9.59 Å². The summed E-state index contributed by atoms with van der Waals surface area (Å²) >= 11 is 0. The lowest BCUT2D eigenvalue weighted by molar-refractivity contribution is -0.134. The number of carboxylic acids is 2. The molecule has 2 rings (SSSR count). The molecule has 0 fully saturated rings. The van der Waals surface area contributed by atoms with E-state index in [4.69, 9.17) is 25.4 Å². The van der Waals surface area contributed by atoms with Gasteiger partial charge in [0.2, 0.25) is 0 Å². The van der Waals surface area contributed by atoms with Crippen molar-refractivity contribution < 1.29 is 29.3 Å². The molecule has 0 saturated heterocycles. The monoisotopic (exact) mass is 399 g/mol. The average molecular weight is 399 g/mol. The van der Waals surface area contributed by atoms with E-state index >= 15 is 0 Å². The second kappa shape index (κ2) is 12.0. The smallest absolute Gasteiger partial charge is 0.328 e. The molecule has 0 spiro atoms. The standard InChI is InChI=1S/C18H21NO2.C4H4O4/c1-13(19)12-18(14-4-8-16(20-2)9-5-14)15-6-10-17(21-3)11-7-15;5-3(6)1-2-4(7)8/h4-13H,19H2,1-3H3;1-2H,(H,5,6)(H,7,8). The van der Waals surface area contributed by atoms with Crippen LogP contribution >= 0.6 is 0 Å². The van der Waals surface area contributed by atoms with E-state index in [-0.39, 0.29) is 6.04 Å². The van der Waals surface area contributed by atoms with Crippen molar-refractivity contribution in [3.63, 3.8) is 0 Å². The number of carboxylic acid groups (broad SMARTS) is 2. The zero-order valence-electron chi connectivity index (χ0n) is 16.5. The molecule has 0 aliphatic carbocycles. The molecule has 0 radical (unpaired) electrons. The first-order chi connectivity index (χ1) is 13.8. The lowest BCUT2D eigenvalue weighted by Gasteiger charge is -2.12. The zero-order valence-corrected chi connectivity index (χ0v) is 16.5. The summed E-state index contributed by atoms with van der Waals surface area (Å²) in [7, 11) is 3.33. The number of hydrogen-bond donors (Lipinski definition) is 3. The van der Waals surface area contributed by atoms with E-state index in [2.05, 4.69) is 6.08 Å². The van der Waals surface area contributed by atoms with Gasteiger partial charge in [-0.05, 0) is 47.9 Å². The fourth-order valence-corrected chi connectivity index (χ4v) is 2.31. The molecule has 1 unspecified atom stereocenters. The van der Waals surface area contributed by atoms with Crippen molar-refractivity contribution in [3.8, 4) is 11.5 Å². The first kappa shape index (κ1) is 23.5. The lowest BCUT2D eigenvalue weighted by atomic mass is 9.96. The van der Waals surface area contributed by atoms with Gasteiger partial charge in [0, 0.05) is 18.2 Å². The van der Waals surface area contributed by atoms with Crippen LogP contribution in [0.25, 0.3) is 5.57 Å². The summed E-state index contributed by atoms with van der Waals surface area (Å²) in [6, 6.07) is 15.9. The van der Waals surface area contributed by atoms with E-state index in [0.29, 0.717) is 12.2 Å².